The number of rotatable bonds is 3. The van der Waals surface area contributed by atoms with E-state index in [-0.39, 0.29) is 12.1 Å². The van der Waals surface area contributed by atoms with E-state index in [0.29, 0.717) is 10.1 Å². The Morgan fingerprint density at radius 1 is 1.58 bits per heavy atom. The fourth-order valence-electron chi connectivity index (χ4n) is 2.05. The largest absolute Gasteiger partial charge is 0.376 e. The Bertz CT molecular complexity index is 466. The summed E-state index contributed by atoms with van der Waals surface area (Å²) in [6.45, 7) is 2.92. The highest BCUT2D eigenvalue weighted by Crippen LogP contribution is 2.25. The minimum absolute atomic E-state index is 0.191. The second-order valence-electron chi connectivity index (χ2n) is 4.56. The summed E-state index contributed by atoms with van der Waals surface area (Å²) in [6, 6.07) is 5.82. The van der Waals surface area contributed by atoms with Gasteiger partial charge in [0.25, 0.3) is 0 Å². The molecule has 0 aromatic heterocycles. The number of ether oxygens (including phenoxy) is 1. The molecule has 6 heteroatoms. The zero-order chi connectivity index (χ0) is 13.8. The van der Waals surface area contributed by atoms with Crippen LogP contribution in [0, 0.1) is 0 Å². The predicted molar refractivity (Wildman–Crippen MR) is 86.9 cm³/mol. The smallest absolute Gasteiger partial charge is 0.171 e. The van der Waals surface area contributed by atoms with Gasteiger partial charge in [-0.1, -0.05) is 27.5 Å². The first kappa shape index (κ1) is 15.0. The minimum atomic E-state index is 0.191. The molecular weight excluding hydrogens is 348 g/mol. The molecule has 0 spiro atoms. The highest BCUT2D eigenvalue weighted by molar-refractivity contribution is 9.10. The fourth-order valence-corrected chi connectivity index (χ4v) is 3.06. The first-order valence-corrected chi connectivity index (χ1v) is 7.78. The van der Waals surface area contributed by atoms with E-state index in [9.17, 15) is 0 Å². The molecule has 1 fully saturated rings. The normalized spacial score (nSPS) is 20.1. The fraction of sp³-hybridized carbons (Fsp3) is 0.462. The first-order valence-electron chi connectivity index (χ1n) is 6.20. The maximum atomic E-state index is 6.13. The van der Waals surface area contributed by atoms with Gasteiger partial charge in [0, 0.05) is 11.1 Å². The Kier molecular flexibility index (Phi) is 5.45. The van der Waals surface area contributed by atoms with Gasteiger partial charge >= 0.3 is 0 Å². The third kappa shape index (κ3) is 4.31. The summed E-state index contributed by atoms with van der Waals surface area (Å²) in [7, 11) is 0. The van der Waals surface area contributed by atoms with Gasteiger partial charge in [0.05, 0.1) is 22.9 Å². The van der Waals surface area contributed by atoms with Crippen LogP contribution in [0.3, 0.4) is 0 Å². The van der Waals surface area contributed by atoms with Gasteiger partial charge in [-0.05, 0) is 50.2 Å². The molecule has 0 saturated carbocycles. The second kappa shape index (κ2) is 6.88. The summed E-state index contributed by atoms with van der Waals surface area (Å²) in [5.41, 5.74) is 0.793. The molecule has 2 rings (SSSR count). The zero-order valence-electron chi connectivity index (χ0n) is 10.6. The summed E-state index contributed by atoms with van der Waals surface area (Å²) in [6.07, 6.45) is 2.44. The Hall–Kier alpha value is -0.360. The molecular formula is C13H16BrClN2OS. The maximum Gasteiger partial charge on any atom is 0.171 e. The van der Waals surface area contributed by atoms with E-state index in [0.717, 1.165) is 29.6 Å². The number of thiocarbonyl (C=S) groups is 1. The van der Waals surface area contributed by atoms with Gasteiger partial charge in [-0.15, -0.1) is 0 Å². The summed E-state index contributed by atoms with van der Waals surface area (Å²) in [5, 5.41) is 7.53. The Morgan fingerprint density at radius 3 is 3.00 bits per heavy atom. The van der Waals surface area contributed by atoms with Crippen molar-refractivity contribution < 1.29 is 4.74 Å². The first-order chi connectivity index (χ1) is 9.06. The Labute approximate surface area is 132 Å². The average molecular weight is 364 g/mol. The van der Waals surface area contributed by atoms with Gasteiger partial charge in [-0.2, -0.15) is 0 Å². The van der Waals surface area contributed by atoms with E-state index >= 15 is 0 Å². The highest BCUT2D eigenvalue weighted by Gasteiger charge is 2.22. The van der Waals surface area contributed by atoms with Gasteiger partial charge in [0.1, 0.15) is 0 Å². The van der Waals surface area contributed by atoms with E-state index in [1.54, 1.807) is 0 Å². The molecule has 0 aliphatic carbocycles. The van der Waals surface area contributed by atoms with Crippen LogP contribution in [-0.2, 0) is 4.74 Å². The molecule has 3 nitrogen and oxygen atoms in total. The zero-order valence-corrected chi connectivity index (χ0v) is 13.7. The standard InChI is InChI=1S/C13H16BrClN2OS/c1-8(12-3-2-6-18-12)16-13(19)17-11-5-4-9(14)7-10(11)15/h4-5,7-8,12H,2-3,6H2,1H3,(H2,16,17,19)/t8-,12-/m0/s1. The van der Waals surface area contributed by atoms with Crippen molar-refractivity contribution in [2.75, 3.05) is 11.9 Å². The molecule has 0 amide bonds. The minimum Gasteiger partial charge on any atom is -0.376 e. The second-order valence-corrected chi connectivity index (χ2v) is 6.29. The number of hydrogen-bond donors (Lipinski definition) is 2. The van der Waals surface area contributed by atoms with Gasteiger partial charge in [-0.25, -0.2) is 0 Å². The van der Waals surface area contributed by atoms with Crippen LogP contribution in [0.25, 0.3) is 0 Å². The van der Waals surface area contributed by atoms with Crippen molar-refractivity contribution in [3.8, 4) is 0 Å². The Morgan fingerprint density at radius 2 is 2.37 bits per heavy atom. The topological polar surface area (TPSA) is 33.3 Å². The van der Waals surface area contributed by atoms with Crippen molar-refractivity contribution in [2.24, 2.45) is 0 Å². The lowest BCUT2D eigenvalue weighted by molar-refractivity contribution is 0.0895. The van der Waals surface area contributed by atoms with Crippen molar-refractivity contribution in [3.63, 3.8) is 0 Å². The van der Waals surface area contributed by atoms with Crippen LogP contribution < -0.4 is 10.6 Å². The number of anilines is 1. The maximum absolute atomic E-state index is 6.13. The molecule has 19 heavy (non-hydrogen) atoms. The molecule has 1 aromatic rings. The van der Waals surface area contributed by atoms with Crippen molar-refractivity contribution in [2.45, 2.75) is 31.9 Å². The van der Waals surface area contributed by atoms with Crippen LogP contribution in [0.15, 0.2) is 22.7 Å². The molecule has 0 bridgehead atoms. The van der Waals surface area contributed by atoms with Gasteiger partial charge in [-0.3, -0.25) is 0 Å². The Balaban J connectivity index is 1.89. The van der Waals surface area contributed by atoms with E-state index in [1.165, 1.54) is 0 Å². The quantitative estimate of drug-likeness (QED) is 0.797. The predicted octanol–water partition coefficient (Wildman–Crippen LogP) is 3.96. The van der Waals surface area contributed by atoms with Crippen molar-refractivity contribution in [1.82, 2.24) is 5.32 Å². The molecule has 104 valence electrons. The molecule has 1 aromatic carbocycles. The summed E-state index contributed by atoms with van der Waals surface area (Å²) in [5.74, 6) is 0. The molecule has 2 atom stereocenters. The summed E-state index contributed by atoms with van der Waals surface area (Å²) >= 11 is 14.8. The van der Waals surface area contributed by atoms with E-state index in [1.807, 2.05) is 18.2 Å². The SMILES string of the molecule is C[C@H](NC(=S)Nc1ccc(Br)cc1Cl)[C@@H]1CCCO1. The number of hydrogen-bond acceptors (Lipinski definition) is 2. The third-order valence-corrected chi connectivity index (χ3v) is 4.09. The van der Waals surface area contributed by atoms with Crippen LogP contribution >= 0.6 is 39.7 Å². The molecule has 1 aliphatic heterocycles. The lowest BCUT2D eigenvalue weighted by Gasteiger charge is -2.22. The van der Waals surface area contributed by atoms with E-state index in [4.69, 9.17) is 28.6 Å². The van der Waals surface area contributed by atoms with Crippen LogP contribution in [0.2, 0.25) is 5.02 Å². The van der Waals surface area contributed by atoms with Crippen LogP contribution in [0.5, 0.6) is 0 Å². The number of halogens is 2. The third-order valence-electron chi connectivity index (χ3n) is 3.06. The summed E-state index contributed by atoms with van der Waals surface area (Å²) in [4.78, 5) is 0. The van der Waals surface area contributed by atoms with Gasteiger partial charge < -0.3 is 15.4 Å². The van der Waals surface area contributed by atoms with E-state index < -0.39 is 0 Å². The lowest BCUT2D eigenvalue weighted by atomic mass is 10.1. The van der Waals surface area contributed by atoms with Crippen LogP contribution in [0.4, 0.5) is 5.69 Å². The lowest BCUT2D eigenvalue weighted by Crippen LogP contribution is -2.42. The van der Waals surface area contributed by atoms with Gasteiger partial charge in [0.15, 0.2) is 5.11 Å². The average Bonchev–Trinajstić information content (AvgIpc) is 2.86. The molecule has 1 aliphatic rings. The van der Waals surface area contributed by atoms with E-state index in [2.05, 4.69) is 33.5 Å². The number of nitrogens with one attached hydrogen (secondary N) is 2. The highest BCUT2D eigenvalue weighted by atomic mass is 79.9. The molecule has 1 saturated heterocycles. The van der Waals surface area contributed by atoms with Crippen molar-refractivity contribution >= 4 is 50.5 Å². The monoisotopic (exact) mass is 362 g/mol. The molecule has 0 radical (unpaired) electrons. The molecule has 1 heterocycles. The van der Waals surface area contributed by atoms with Crippen molar-refractivity contribution in [3.05, 3.63) is 27.7 Å². The van der Waals surface area contributed by atoms with Crippen LogP contribution in [-0.4, -0.2) is 23.9 Å². The summed E-state index contributed by atoms with van der Waals surface area (Å²) < 4.78 is 6.56. The molecule has 2 N–H and O–H groups in total. The number of benzene rings is 1. The van der Waals surface area contributed by atoms with Crippen LogP contribution in [0.1, 0.15) is 19.8 Å². The van der Waals surface area contributed by atoms with Gasteiger partial charge in [0.2, 0.25) is 0 Å². The molecule has 0 unspecified atom stereocenters. The van der Waals surface area contributed by atoms with Crippen molar-refractivity contribution in [1.29, 1.82) is 0 Å².